The standard InChI is InChI=1S/C26H32FN3O3S2/c1-18-6-4-12-29(15-18)35(31,32)22-10-11-24-23(14-22)28-26(30(24)16-21-9-5-13-33-21)34-17-20-8-3-7-19(2)25(20)27/h3,7-8,10-11,14,18,21H,4-6,9,12-13,15-17H2,1-2H3/t18-,21+/m1/s1. The molecule has 1 aromatic heterocycles. The molecule has 5 rings (SSSR count). The maximum absolute atomic E-state index is 14.6. The molecule has 6 nitrogen and oxygen atoms in total. The van der Waals surface area contributed by atoms with E-state index in [1.165, 1.54) is 11.8 Å². The predicted octanol–water partition coefficient (Wildman–Crippen LogP) is 5.38. The van der Waals surface area contributed by atoms with Crippen LogP contribution in [-0.4, -0.2) is 48.1 Å². The Balaban J connectivity index is 1.48. The molecule has 2 atom stereocenters. The molecule has 0 N–H and O–H groups in total. The number of hydrogen-bond acceptors (Lipinski definition) is 5. The third kappa shape index (κ3) is 5.14. The lowest BCUT2D eigenvalue weighted by molar-refractivity contribution is 0.0960. The molecule has 0 unspecified atom stereocenters. The van der Waals surface area contributed by atoms with E-state index in [1.54, 1.807) is 35.5 Å². The number of thioether (sulfide) groups is 1. The zero-order valence-electron chi connectivity index (χ0n) is 20.2. The van der Waals surface area contributed by atoms with Gasteiger partial charge in [-0.05, 0) is 67.9 Å². The predicted molar refractivity (Wildman–Crippen MR) is 137 cm³/mol. The van der Waals surface area contributed by atoms with Crippen LogP contribution in [0.25, 0.3) is 11.0 Å². The van der Waals surface area contributed by atoms with Crippen LogP contribution in [0.3, 0.4) is 0 Å². The number of fused-ring (bicyclic) bond motifs is 1. The number of sulfonamides is 1. The van der Waals surface area contributed by atoms with Crippen molar-refractivity contribution in [2.75, 3.05) is 19.7 Å². The van der Waals surface area contributed by atoms with E-state index in [-0.39, 0.29) is 16.8 Å². The molecule has 2 aromatic carbocycles. The normalized spacial score (nSPS) is 21.7. The van der Waals surface area contributed by atoms with Gasteiger partial charge >= 0.3 is 0 Å². The SMILES string of the molecule is Cc1cccc(CSc2nc3cc(S(=O)(=O)N4CCC[C@@H](C)C4)ccc3n2C[C@@H]2CCCO2)c1F. The zero-order valence-corrected chi connectivity index (χ0v) is 21.9. The molecule has 0 amide bonds. The molecule has 3 aromatic rings. The summed E-state index contributed by atoms with van der Waals surface area (Å²) < 4.78 is 50.9. The molecular weight excluding hydrogens is 485 g/mol. The molecule has 2 fully saturated rings. The lowest BCUT2D eigenvalue weighted by Crippen LogP contribution is -2.39. The number of halogens is 1. The van der Waals surface area contributed by atoms with E-state index in [0.29, 0.717) is 47.9 Å². The smallest absolute Gasteiger partial charge is 0.243 e. The van der Waals surface area contributed by atoms with E-state index in [9.17, 15) is 12.8 Å². The average Bonchev–Trinajstić information content (AvgIpc) is 3.48. The number of hydrogen-bond donors (Lipinski definition) is 0. The molecule has 2 aliphatic heterocycles. The lowest BCUT2D eigenvalue weighted by Gasteiger charge is -2.30. The Kier molecular flexibility index (Phi) is 7.21. The van der Waals surface area contributed by atoms with Crippen molar-refractivity contribution in [1.82, 2.24) is 13.9 Å². The Bertz CT molecular complexity index is 1320. The van der Waals surface area contributed by atoms with Crippen molar-refractivity contribution in [3.05, 3.63) is 53.3 Å². The number of aryl methyl sites for hydroxylation is 1. The summed E-state index contributed by atoms with van der Waals surface area (Å²) >= 11 is 1.47. The highest BCUT2D eigenvalue weighted by molar-refractivity contribution is 7.98. The monoisotopic (exact) mass is 517 g/mol. The number of aromatic nitrogens is 2. The Morgan fingerprint density at radius 2 is 2.06 bits per heavy atom. The summed E-state index contributed by atoms with van der Waals surface area (Å²) in [5.74, 6) is 0.614. The number of nitrogens with zero attached hydrogens (tertiary/aromatic N) is 3. The minimum absolute atomic E-state index is 0.0979. The third-order valence-corrected chi connectivity index (χ3v) is 9.87. The van der Waals surface area contributed by atoms with Crippen LogP contribution in [0.2, 0.25) is 0 Å². The van der Waals surface area contributed by atoms with Crippen molar-refractivity contribution in [3.8, 4) is 0 Å². The van der Waals surface area contributed by atoms with E-state index >= 15 is 0 Å². The third-order valence-electron chi connectivity index (χ3n) is 6.98. The van der Waals surface area contributed by atoms with Crippen LogP contribution in [0.15, 0.2) is 46.5 Å². The summed E-state index contributed by atoms with van der Waals surface area (Å²) in [5.41, 5.74) is 2.77. The minimum Gasteiger partial charge on any atom is -0.376 e. The molecule has 0 saturated carbocycles. The van der Waals surface area contributed by atoms with Crippen molar-refractivity contribution >= 4 is 32.8 Å². The Hall–Kier alpha value is -1.94. The molecule has 0 bridgehead atoms. The molecule has 188 valence electrons. The van der Waals surface area contributed by atoms with Crippen molar-refractivity contribution in [2.24, 2.45) is 5.92 Å². The van der Waals surface area contributed by atoms with Gasteiger partial charge in [0.1, 0.15) is 5.82 Å². The number of benzene rings is 2. The van der Waals surface area contributed by atoms with Crippen LogP contribution < -0.4 is 0 Å². The number of piperidine rings is 1. The fraction of sp³-hybridized carbons (Fsp3) is 0.500. The van der Waals surface area contributed by atoms with Gasteiger partial charge in [-0.1, -0.05) is 36.9 Å². The van der Waals surface area contributed by atoms with E-state index in [2.05, 4.69) is 11.5 Å². The first kappa shape index (κ1) is 24.7. The highest BCUT2D eigenvalue weighted by atomic mass is 32.2. The van der Waals surface area contributed by atoms with Crippen LogP contribution in [0.5, 0.6) is 0 Å². The highest BCUT2D eigenvalue weighted by Gasteiger charge is 2.29. The fourth-order valence-corrected chi connectivity index (χ4v) is 7.62. The topological polar surface area (TPSA) is 64.4 Å². The Morgan fingerprint density at radius 3 is 2.83 bits per heavy atom. The van der Waals surface area contributed by atoms with Gasteiger partial charge in [0.2, 0.25) is 10.0 Å². The van der Waals surface area contributed by atoms with Crippen molar-refractivity contribution < 1.29 is 17.5 Å². The summed E-state index contributed by atoms with van der Waals surface area (Å²) in [6.07, 6.45) is 4.05. The molecule has 35 heavy (non-hydrogen) atoms. The van der Waals surface area contributed by atoms with Crippen molar-refractivity contribution in [3.63, 3.8) is 0 Å². The molecule has 9 heteroatoms. The quantitative estimate of drug-likeness (QED) is 0.394. The van der Waals surface area contributed by atoms with Crippen LogP contribution in [0.4, 0.5) is 4.39 Å². The van der Waals surface area contributed by atoms with Gasteiger partial charge in [0.15, 0.2) is 5.16 Å². The van der Waals surface area contributed by atoms with Gasteiger partial charge in [-0.15, -0.1) is 0 Å². The van der Waals surface area contributed by atoms with Gasteiger partial charge in [-0.3, -0.25) is 0 Å². The second-order valence-corrected chi connectivity index (χ2v) is 12.6. The second kappa shape index (κ2) is 10.2. The van der Waals surface area contributed by atoms with Gasteiger partial charge in [-0.25, -0.2) is 17.8 Å². The second-order valence-electron chi connectivity index (χ2n) is 9.74. The molecule has 0 radical (unpaired) electrons. The Morgan fingerprint density at radius 1 is 1.20 bits per heavy atom. The lowest BCUT2D eigenvalue weighted by atomic mass is 10.0. The average molecular weight is 518 g/mol. The first-order chi connectivity index (χ1) is 16.8. The van der Waals surface area contributed by atoms with Crippen LogP contribution in [0, 0.1) is 18.7 Å². The van der Waals surface area contributed by atoms with E-state index in [1.807, 2.05) is 12.1 Å². The number of rotatable bonds is 7. The van der Waals surface area contributed by atoms with Gasteiger partial charge in [0.25, 0.3) is 0 Å². The highest BCUT2D eigenvalue weighted by Crippen LogP contribution is 2.32. The van der Waals surface area contributed by atoms with Gasteiger partial charge < -0.3 is 9.30 Å². The fourth-order valence-electron chi connectivity index (χ4n) is 5.00. The Labute approximate surface area is 210 Å². The van der Waals surface area contributed by atoms with E-state index in [0.717, 1.165) is 43.0 Å². The first-order valence-electron chi connectivity index (χ1n) is 12.3. The maximum Gasteiger partial charge on any atom is 0.243 e. The maximum atomic E-state index is 14.6. The van der Waals surface area contributed by atoms with E-state index in [4.69, 9.17) is 9.72 Å². The minimum atomic E-state index is -3.58. The number of ether oxygens (including phenoxy) is 1. The zero-order chi connectivity index (χ0) is 24.6. The van der Waals surface area contributed by atoms with Crippen LogP contribution in [-0.2, 0) is 27.1 Å². The van der Waals surface area contributed by atoms with Gasteiger partial charge in [0.05, 0.1) is 28.6 Å². The molecule has 3 heterocycles. The van der Waals surface area contributed by atoms with Gasteiger partial charge in [-0.2, -0.15) is 4.31 Å². The summed E-state index contributed by atoms with van der Waals surface area (Å²) in [6.45, 7) is 6.37. The molecule has 0 aliphatic carbocycles. The summed E-state index contributed by atoms with van der Waals surface area (Å²) in [5, 5.41) is 0.748. The van der Waals surface area contributed by atoms with Gasteiger partial charge in [0, 0.05) is 25.4 Å². The van der Waals surface area contributed by atoms with Crippen LogP contribution >= 0.6 is 11.8 Å². The molecular formula is C26H32FN3O3S2. The number of imidazole rings is 1. The molecule has 2 aliphatic rings. The van der Waals surface area contributed by atoms with Crippen molar-refractivity contribution in [1.29, 1.82) is 0 Å². The van der Waals surface area contributed by atoms with E-state index < -0.39 is 10.0 Å². The molecule has 2 saturated heterocycles. The van der Waals surface area contributed by atoms with Crippen LogP contribution in [0.1, 0.15) is 43.7 Å². The summed E-state index contributed by atoms with van der Waals surface area (Å²) in [7, 11) is -3.58. The molecule has 0 spiro atoms. The summed E-state index contributed by atoms with van der Waals surface area (Å²) in [6, 6.07) is 10.7. The summed E-state index contributed by atoms with van der Waals surface area (Å²) in [4.78, 5) is 5.10. The largest absolute Gasteiger partial charge is 0.376 e. The van der Waals surface area contributed by atoms with Crippen molar-refractivity contribution in [2.45, 2.75) is 68.0 Å². The first-order valence-corrected chi connectivity index (χ1v) is 14.7.